The zero-order chi connectivity index (χ0) is 30.6. The van der Waals surface area contributed by atoms with E-state index in [1.54, 1.807) is 13.8 Å². The lowest BCUT2D eigenvalue weighted by atomic mass is 9.84. The molecule has 220 valence electrons. The fourth-order valence-electron chi connectivity index (χ4n) is 5.43. The van der Waals surface area contributed by atoms with Gasteiger partial charge in [0.2, 0.25) is 5.43 Å². The number of halogens is 3. The van der Waals surface area contributed by atoms with Crippen molar-refractivity contribution in [2.45, 2.75) is 69.0 Å². The molecule has 0 saturated carbocycles. The molecule has 14 heteroatoms. The zero-order valence-electron chi connectivity index (χ0n) is 22.8. The third-order valence-electron chi connectivity index (χ3n) is 7.80. The van der Waals surface area contributed by atoms with Crippen molar-refractivity contribution in [3.8, 4) is 17.6 Å². The summed E-state index contributed by atoms with van der Waals surface area (Å²) in [5, 5.41) is 17.3. The summed E-state index contributed by atoms with van der Waals surface area (Å²) in [6.07, 6.45) is 2.23. The molecule has 2 bridgehead atoms. The SMILES string of the molecule is C[C@H]1CC[C@]2(CC(C#CC(C)(C)[S+]=O)=NO2)[C@H]2CN1C(=O)c1c(O)c(=O)c(C(=O)NCc3c(F)cc(F)cc3F)cn12. The highest BCUT2D eigenvalue weighted by atomic mass is 32.1. The van der Waals surface area contributed by atoms with E-state index >= 15 is 0 Å². The number of pyridine rings is 1. The van der Waals surface area contributed by atoms with E-state index in [0.29, 0.717) is 42.4 Å². The van der Waals surface area contributed by atoms with Crippen LogP contribution < -0.4 is 10.7 Å². The maximum Gasteiger partial charge on any atom is 0.478 e. The van der Waals surface area contributed by atoms with Crippen LogP contribution in [0.15, 0.2) is 28.3 Å². The Labute approximate surface area is 242 Å². The van der Waals surface area contributed by atoms with Crippen LogP contribution in [0.2, 0.25) is 0 Å². The minimum Gasteiger partial charge on any atom is -0.503 e. The molecule has 1 aromatic carbocycles. The first-order chi connectivity index (χ1) is 19.8. The third-order valence-corrected chi connectivity index (χ3v) is 8.32. The lowest BCUT2D eigenvalue weighted by molar-refractivity contribution is -0.0655. The Morgan fingerprint density at radius 1 is 1.29 bits per heavy atom. The summed E-state index contributed by atoms with van der Waals surface area (Å²) < 4.78 is 53.2. The molecule has 0 aliphatic carbocycles. The molecular formula is C28H26F3N4O6S+. The zero-order valence-corrected chi connectivity index (χ0v) is 23.6. The van der Waals surface area contributed by atoms with Crippen molar-refractivity contribution >= 4 is 29.2 Å². The van der Waals surface area contributed by atoms with E-state index in [0.717, 1.165) is 6.20 Å². The lowest BCUT2D eigenvalue weighted by Gasteiger charge is -2.41. The topological polar surface area (TPSA) is 130 Å². The van der Waals surface area contributed by atoms with Crippen LogP contribution in [0.4, 0.5) is 13.2 Å². The second-order valence-corrected chi connectivity index (χ2v) is 12.3. The Morgan fingerprint density at radius 2 is 1.98 bits per heavy atom. The number of fused-ring (bicyclic) bond motifs is 5. The number of oxime groups is 1. The molecule has 0 unspecified atom stereocenters. The summed E-state index contributed by atoms with van der Waals surface area (Å²) in [6.45, 7) is 4.57. The normalized spacial score (nSPS) is 22.9. The summed E-state index contributed by atoms with van der Waals surface area (Å²) in [5.74, 6) is -0.479. The van der Waals surface area contributed by atoms with E-state index in [9.17, 15) is 36.9 Å². The number of benzene rings is 1. The Kier molecular flexibility index (Phi) is 7.34. The van der Waals surface area contributed by atoms with Crippen molar-refractivity contribution in [3.63, 3.8) is 0 Å². The van der Waals surface area contributed by atoms with E-state index in [1.807, 2.05) is 6.92 Å². The van der Waals surface area contributed by atoms with Crippen molar-refractivity contribution in [2.75, 3.05) is 6.54 Å². The molecular weight excluding hydrogens is 577 g/mol. The van der Waals surface area contributed by atoms with Gasteiger partial charge in [-0.3, -0.25) is 14.4 Å². The number of nitrogens with one attached hydrogen (secondary N) is 1. The molecule has 1 fully saturated rings. The summed E-state index contributed by atoms with van der Waals surface area (Å²) in [4.78, 5) is 47.1. The van der Waals surface area contributed by atoms with Crippen molar-refractivity contribution < 1.29 is 36.9 Å². The van der Waals surface area contributed by atoms with Crippen LogP contribution in [0.5, 0.6) is 5.75 Å². The molecule has 2 amide bonds. The fourth-order valence-corrected chi connectivity index (χ4v) is 5.52. The van der Waals surface area contributed by atoms with Crippen LogP contribution in [0.3, 0.4) is 0 Å². The number of aromatic hydroxyl groups is 1. The maximum atomic E-state index is 14.1. The van der Waals surface area contributed by atoms with E-state index in [4.69, 9.17) is 4.84 Å². The molecule has 0 radical (unpaired) electrons. The highest BCUT2D eigenvalue weighted by Gasteiger charge is 2.54. The van der Waals surface area contributed by atoms with Gasteiger partial charge >= 0.3 is 16.4 Å². The van der Waals surface area contributed by atoms with Crippen LogP contribution in [0.25, 0.3) is 0 Å². The molecule has 10 nitrogen and oxygen atoms in total. The molecule has 3 aliphatic heterocycles. The Morgan fingerprint density at radius 3 is 2.64 bits per heavy atom. The Balaban J connectivity index is 1.53. The quantitative estimate of drug-likeness (QED) is 0.409. The minimum absolute atomic E-state index is 0.112. The van der Waals surface area contributed by atoms with Gasteiger partial charge in [-0.05, 0) is 31.6 Å². The van der Waals surface area contributed by atoms with Crippen molar-refractivity contribution in [2.24, 2.45) is 5.16 Å². The molecule has 4 heterocycles. The van der Waals surface area contributed by atoms with Gasteiger partial charge in [-0.15, -0.1) is 0 Å². The standard InChI is InChI=1S/C28H25F3N4O6S/c1-14-4-7-28(10-16(33-41-28)5-6-27(2,3)42-40)21-13-34(14)26(39)22-24(37)23(36)18(12-35(21)22)25(38)32-11-17-19(30)8-15(29)9-20(17)31/h8-9,12,14,21H,4,7,10-11,13H2,1-3H3,(H-,32,37,38,39)/p+1/t14-,21+,28-/m0/s1. The van der Waals surface area contributed by atoms with E-state index < -0.39 is 74.5 Å². The summed E-state index contributed by atoms with van der Waals surface area (Å²) in [5.41, 5.74) is -3.38. The van der Waals surface area contributed by atoms with Gasteiger partial charge in [0, 0.05) is 67.5 Å². The van der Waals surface area contributed by atoms with Gasteiger partial charge in [-0.25, -0.2) is 13.2 Å². The number of carbonyl (C=O) groups excluding carboxylic acids is 2. The van der Waals surface area contributed by atoms with Crippen LogP contribution in [0.1, 0.15) is 72.5 Å². The monoisotopic (exact) mass is 603 g/mol. The highest BCUT2D eigenvalue weighted by molar-refractivity contribution is 7.67. The first kappa shape index (κ1) is 29.2. The average Bonchev–Trinajstić information content (AvgIpc) is 3.30. The first-order valence-corrected chi connectivity index (χ1v) is 13.8. The number of hydrogen-bond acceptors (Lipinski definition) is 7. The molecule has 1 spiro atoms. The number of rotatable bonds is 4. The van der Waals surface area contributed by atoms with E-state index in [-0.39, 0.29) is 24.7 Å². The smallest absolute Gasteiger partial charge is 0.478 e. The van der Waals surface area contributed by atoms with Crippen LogP contribution >= 0.6 is 0 Å². The highest BCUT2D eigenvalue weighted by Crippen LogP contribution is 2.46. The molecule has 5 rings (SSSR count). The molecule has 3 atom stereocenters. The van der Waals surface area contributed by atoms with Gasteiger partial charge in [0.15, 0.2) is 17.0 Å². The number of amides is 2. The second kappa shape index (κ2) is 10.5. The van der Waals surface area contributed by atoms with Crippen molar-refractivity contribution in [3.05, 3.63) is 62.8 Å². The Hall–Kier alpha value is -4.25. The largest absolute Gasteiger partial charge is 0.503 e. The first-order valence-electron chi connectivity index (χ1n) is 13.1. The van der Waals surface area contributed by atoms with Gasteiger partial charge in [0.25, 0.3) is 11.8 Å². The average molecular weight is 604 g/mol. The molecule has 1 aromatic heterocycles. The predicted molar refractivity (Wildman–Crippen MR) is 144 cm³/mol. The Bertz CT molecular complexity index is 1660. The van der Waals surface area contributed by atoms with Crippen LogP contribution in [-0.4, -0.2) is 55.0 Å². The lowest BCUT2D eigenvalue weighted by Crippen LogP contribution is -2.52. The van der Waals surface area contributed by atoms with Crippen molar-refractivity contribution in [1.29, 1.82) is 0 Å². The second-order valence-electron chi connectivity index (χ2n) is 11.1. The van der Waals surface area contributed by atoms with Crippen molar-refractivity contribution in [1.82, 2.24) is 14.8 Å². The van der Waals surface area contributed by atoms with Crippen LogP contribution in [-0.2, 0) is 27.3 Å². The van der Waals surface area contributed by atoms with Gasteiger partial charge in [-0.2, -0.15) is 0 Å². The minimum atomic E-state index is -1.23. The molecule has 2 aromatic rings. The van der Waals surface area contributed by atoms with E-state index in [2.05, 4.69) is 22.3 Å². The van der Waals surface area contributed by atoms with Crippen LogP contribution in [0, 0.1) is 29.3 Å². The molecule has 42 heavy (non-hydrogen) atoms. The number of hydrogen-bond donors (Lipinski definition) is 2. The predicted octanol–water partition coefficient (Wildman–Crippen LogP) is 2.81. The number of aromatic nitrogens is 1. The van der Waals surface area contributed by atoms with Gasteiger partial charge in [0.05, 0.1) is 6.04 Å². The number of carbonyl (C=O) groups is 2. The number of nitrogens with zero attached hydrogens (tertiary/aromatic N) is 3. The maximum absolute atomic E-state index is 14.1. The molecule has 3 aliphatic rings. The van der Waals surface area contributed by atoms with E-state index in [1.165, 1.54) is 9.47 Å². The third kappa shape index (κ3) is 5.02. The van der Waals surface area contributed by atoms with Gasteiger partial charge in [-0.1, -0.05) is 5.16 Å². The fraction of sp³-hybridized carbons (Fsp3) is 0.429. The summed E-state index contributed by atoms with van der Waals surface area (Å²) in [6, 6.07) is -0.0842. The molecule has 1 saturated heterocycles. The van der Waals surface area contributed by atoms with Gasteiger partial charge < -0.3 is 24.7 Å². The molecule has 2 N–H and O–H groups in total. The van der Waals surface area contributed by atoms with Gasteiger partial charge in [0.1, 0.15) is 28.7 Å². The summed E-state index contributed by atoms with van der Waals surface area (Å²) in [7, 11) is 0. The summed E-state index contributed by atoms with van der Waals surface area (Å²) >= 11 is 0.337.